The average Bonchev–Trinajstić information content (AvgIpc) is 2.08. The van der Waals surface area contributed by atoms with Crippen LogP contribution in [-0.4, -0.2) is 6.18 Å². The monoisotopic (exact) mass is 153 g/mol. The van der Waals surface area contributed by atoms with Gasteiger partial charge in [0.05, 0.1) is 0 Å². The molecule has 0 aliphatic carbocycles. The van der Waals surface area contributed by atoms with Crippen LogP contribution in [0, 0.1) is 5.88 Å². The van der Waals surface area contributed by atoms with Gasteiger partial charge in [-0.05, 0) is 0 Å². The first kappa shape index (κ1) is 6.80. The van der Waals surface area contributed by atoms with E-state index in [-0.39, 0.29) is 0 Å². The smallest absolute Gasteiger partial charge is 0.370 e. The van der Waals surface area contributed by atoms with Crippen LogP contribution < -0.4 is 5.32 Å². The van der Waals surface area contributed by atoms with E-state index in [4.69, 9.17) is 0 Å². The van der Waals surface area contributed by atoms with Gasteiger partial charge in [0.15, 0.2) is 5.88 Å². The lowest BCUT2D eigenvalue weighted by Crippen LogP contribution is -2.07. The Morgan fingerprint density at radius 3 is 2.44 bits per heavy atom. The fraction of sp³-hybridized carbons (Fsp3) is 0.250. The first-order chi connectivity index (χ1) is 4.11. The zero-order chi connectivity index (χ0) is 6.91. The van der Waals surface area contributed by atoms with E-state index in [0.717, 1.165) is 6.20 Å². The highest BCUT2D eigenvalue weighted by molar-refractivity contribution is 8.05. The molecule has 1 aliphatic rings. The molecule has 1 N–H and O–H groups in total. The Balaban J connectivity index is 2.61. The Kier molecular flexibility index (Phi) is 1.61. The molecule has 0 saturated carbocycles. The molecule has 0 aromatic heterocycles. The quantitative estimate of drug-likeness (QED) is 0.568. The minimum atomic E-state index is -4.22. The van der Waals surface area contributed by atoms with Crippen molar-refractivity contribution in [3.8, 4) is 0 Å². The highest BCUT2D eigenvalue weighted by atomic mass is 32.2. The topological polar surface area (TPSA) is 12.0 Å². The lowest BCUT2D eigenvalue weighted by molar-refractivity contribution is -0.0836. The Morgan fingerprint density at radius 1 is 1.56 bits per heavy atom. The minimum Gasteiger partial charge on any atom is -0.370 e. The maximum Gasteiger partial charge on any atom is 0.423 e. The summed E-state index contributed by atoms with van der Waals surface area (Å²) in [5, 5.41) is 2.21. The van der Waals surface area contributed by atoms with Crippen LogP contribution in [0.1, 0.15) is 0 Å². The van der Waals surface area contributed by atoms with Crippen molar-refractivity contribution in [3.05, 3.63) is 17.0 Å². The van der Waals surface area contributed by atoms with Crippen molar-refractivity contribution >= 4 is 11.8 Å². The van der Waals surface area contributed by atoms with Crippen LogP contribution in [-0.2, 0) is 0 Å². The van der Waals surface area contributed by atoms with Crippen molar-refractivity contribution in [2.75, 3.05) is 0 Å². The second-order valence-electron chi connectivity index (χ2n) is 1.35. The zero-order valence-electron chi connectivity index (χ0n) is 4.12. The normalized spacial score (nSPS) is 19.2. The van der Waals surface area contributed by atoms with Gasteiger partial charge in [-0.2, -0.15) is 13.2 Å². The van der Waals surface area contributed by atoms with Crippen LogP contribution in [0.5, 0.6) is 0 Å². The number of hydrogen-bond donors (Lipinski definition) is 1. The molecule has 50 valence electrons. The number of thioether (sulfide) groups is 1. The molecule has 0 amide bonds. The molecular weight excluding hydrogens is 151 g/mol. The maximum absolute atomic E-state index is 11.6. The van der Waals surface area contributed by atoms with E-state index >= 15 is 0 Å². The summed E-state index contributed by atoms with van der Waals surface area (Å²) < 4.78 is 34.8. The predicted octanol–water partition coefficient (Wildman–Crippen LogP) is 1.72. The van der Waals surface area contributed by atoms with E-state index in [9.17, 15) is 13.2 Å². The van der Waals surface area contributed by atoms with E-state index < -0.39 is 11.1 Å². The van der Waals surface area contributed by atoms with Crippen LogP contribution >= 0.6 is 11.8 Å². The van der Waals surface area contributed by atoms with Gasteiger partial charge in [0.2, 0.25) is 0 Å². The maximum atomic E-state index is 11.6. The van der Waals surface area contributed by atoms with Crippen LogP contribution in [0.4, 0.5) is 13.2 Å². The SMILES string of the molecule is FC(F)(F)C1=CN[C]S1. The van der Waals surface area contributed by atoms with Gasteiger partial charge in [-0.15, -0.1) is 0 Å². The molecule has 1 heterocycles. The Labute approximate surface area is 54.3 Å². The van der Waals surface area contributed by atoms with Gasteiger partial charge in [0.25, 0.3) is 0 Å². The first-order valence-corrected chi connectivity index (χ1v) is 2.87. The molecule has 2 radical (unpaired) electrons. The standard InChI is InChI=1S/C4H2F3NS/c5-4(6,7)3-1-8-2-9-3/h1,8H. The van der Waals surface area contributed by atoms with Crippen molar-refractivity contribution in [2.45, 2.75) is 6.18 Å². The summed E-state index contributed by atoms with van der Waals surface area (Å²) >= 11 is 0.524. The summed E-state index contributed by atoms with van der Waals surface area (Å²) in [6.07, 6.45) is -3.34. The fourth-order valence-electron chi connectivity index (χ4n) is 0.349. The third kappa shape index (κ3) is 1.54. The van der Waals surface area contributed by atoms with Gasteiger partial charge < -0.3 is 5.32 Å². The van der Waals surface area contributed by atoms with Gasteiger partial charge in [0.1, 0.15) is 4.91 Å². The van der Waals surface area contributed by atoms with E-state index in [1.165, 1.54) is 0 Å². The summed E-state index contributed by atoms with van der Waals surface area (Å²) in [6, 6.07) is 0. The molecule has 0 saturated heterocycles. The van der Waals surface area contributed by atoms with Crippen molar-refractivity contribution in [3.63, 3.8) is 0 Å². The van der Waals surface area contributed by atoms with Crippen molar-refractivity contribution in [1.82, 2.24) is 5.32 Å². The number of hydrogen-bond acceptors (Lipinski definition) is 2. The number of alkyl halides is 3. The van der Waals surface area contributed by atoms with Gasteiger partial charge in [-0.1, -0.05) is 11.8 Å². The molecular formula is C4H2F3NS. The van der Waals surface area contributed by atoms with Gasteiger partial charge in [0, 0.05) is 6.20 Å². The molecule has 0 bridgehead atoms. The molecule has 1 nitrogen and oxygen atoms in total. The fourth-order valence-corrected chi connectivity index (χ4v) is 0.810. The predicted molar refractivity (Wildman–Crippen MR) is 28.1 cm³/mol. The molecule has 0 unspecified atom stereocenters. The Bertz CT molecular complexity index is 139. The number of nitrogens with one attached hydrogen (secondary N) is 1. The molecule has 0 fully saturated rings. The van der Waals surface area contributed by atoms with Crippen LogP contribution in [0.25, 0.3) is 0 Å². The Morgan fingerprint density at radius 2 is 2.22 bits per heavy atom. The summed E-state index contributed by atoms with van der Waals surface area (Å²) in [6.45, 7) is 0. The van der Waals surface area contributed by atoms with Gasteiger partial charge >= 0.3 is 6.18 Å². The van der Waals surface area contributed by atoms with E-state index in [0.29, 0.717) is 11.8 Å². The summed E-state index contributed by atoms with van der Waals surface area (Å²) in [5.41, 5.74) is 0. The number of halogens is 3. The van der Waals surface area contributed by atoms with E-state index in [2.05, 4.69) is 11.2 Å². The average molecular weight is 153 g/mol. The lowest BCUT2D eigenvalue weighted by atomic mass is 10.6. The number of rotatable bonds is 0. The largest absolute Gasteiger partial charge is 0.423 e. The molecule has 1 aliphatic heterocycles. The minimum absolute atomic E-state index is 0.524. The second-order valence-corrected chi connectivity index (χ2v) is 2.20. The van der Waals surface area contributed by atoms with Crippen LogP contribution in [0.15, 0.2) is 11.1 Å². The zero-order valence-corrected chi connectivity index (χ0v) is 4.94. The van der Waals surface area contributed by atoms with E-state index in [1.54, 1.807) is 0 Å². The summed E-state index contributed by atoms with van der Waals surface area (Å²) in [4.78, 5) is -0.650. The lowest BCUT2D eigenvalue weighted by Gasteiger charge is -2.02. The summed E-state index contributed by atoms with van der Waals surface area (Å²) in [5.74, 6) is 2.23. The molecule has 0 aromatic rings. The number of allylic oxidation sites excluding steroid dienone is 1. The highest BCUT2D eigenvalue weighted by Gasteiger charge is 2.35. The third-order valence-electron chi connectivity index (χ3n) is 0.703. The second kappa shape index (κ2) is 2.13. The molecule has 5 heteroatoms. The first-order valence-electron chi connectivity index (χ1n) is 2.05. The van der Waals surface area contributed by atoms with E-state index in [1.807, 2.05) is 0 Å². The molecule has 1 rings (SSSR count). The molecule has 9 heavy (non-hydrogen) atoms. The molecule has 0 spiro atoms. The molecule has 0 atom stereocenters. The van der Waals surface area contributed by atoms with Crippen LogP contribution in [0.3, 0.4) is 0 Å². The van der Waals surface area contributed by atoms with Crippen molar-refractivity contribution < 1.29 is 13.2 Å². The van der Waals surface area contributed by atoms with Gasteiger partial charge in [-0.3, -0.25) is 0 Å². The van der Waals surface area contributed by atoms with Gasteiger partial charge in [-0.25, -0.2) is 0 Å². The summed E-state index contributed by atoms with van der Waals surface area (Å²) in [7, 11) is 0. The Hall–Kier alpha value is -0.320. The van der Waals surface area contributed by atoms with Crippen molar-refractivity contribution in [2.24, 2.45) is 0 Å². The molecule has 0 aromatic carbocycles. The van der Waals surface area contributed by atoms with Crippen molar-refractivity contribution in [1.29, 1.82) is 0 Å². The highest BCUT2D eigenvalue weighted by Crippen LogP contribution is 2.37. The van der Waals surface area contributed by atoms with Crippen LogP contribution in [0.2, 0.25) is 0 Å². The third-order valence-corrected chi connectivity index (χ3v) is 1.49.